The fourth-order valence-electron chi connectivity index (χ4n) is 7.99. The third kappa shape index (κ3) is 3.37. The van der Waals surface area contributed by atoms with Crippen molar-refractivity contribution in [2.75, 3.05) is 26.2 Å². The van der Waals surface area contributed by atoms with E-state index in [0.717, 1.165) is 61.6 Å². The molecule has 3 heteroatoms. The van der Waals surface area contributed by atoms with Gasteiger partial charge in [0.1, 0.15) is 5.60 Å². The molecule has 3 nitrogen and oxygen atoms in total. The van der Waals surface area contributed by atoms with Crippen molar-refractivity contribution >= 4 is 0 Å². The van der Waals surface area contributed by atoms with E-state index in [1.54, 1.807) is 0 Å². The molecule has 2 aromatic rings. The number of benzene rings is 2. The molecule has 0 spiro atoms. The minimum Gasteiger partial charge on any atom is -0.380 e. The zero-order valence-electron chi connectivity index (χ0n) is 18.6. The summed E-state index contributed by atoms with van der Waals surface area (Å²) in [6.45, 7) is 5.39. The number of hydrogen-bond donors (Lipinski definition) is 2. The predicted molar refractivity (Wildman–Crippen MR) is 125 cm³/mol. The minimum absolute atomic E-state index is 0.0108. The van der Waals surface area contributed by atoms with Crippen LogP contribution in [0.3, 0.4) is 0 Å². The van der Waals surface area contributed by atoms with E-state index in [-0.39, 0.29) is 5.41 Å². The SMILES string of the molecule is OC(c1ccccc1)(c1ccc(CN2CCNCC2)cc1)C12CC3CC(CC(C3)C1)C2. The molecule has 0 radical (unpaired) electrons. The third-order valence-corrected chi connectivity index (χ3v) is 8.98. The van der Waals surface area contributed by atoms with Gasteiger partial charge in [-0.05, 0) is 73.0 Å². The maximum atomic E-state index is 12.7. The fraction of sp³-hybridized carbons (Fsp3) is 0.571. The van der Waals surface area contributed by atoms with Crippen LogP contribution < -0.4 is 5.32 Å². The molecule has 4 saturated carbocycles. The molecule has 31 heavy (non-hydrogen) atoms. The third-order valence-electron chi connectivity index (χ3n) is 8.98. The maximum absolute atomic E-state index is 12.7. The van der Waals surface area contributed by atoms with Crippen molar-refractivity contribution in [1.82, 2.24) is 10.2 Å². The summed E-state index contributed by atoms with van der Waals surface area (Å²) in [7, 11) is 0. The van der Waals surface area contributed by atoms with Gasteiger partial charge < -0.3 is 10.4 Å². The van der Waals surface area contributed by atoms with Crippen LogP contribution in [-0.4, -0.2) is 36.2 Å². The Balaban J connectivity index is 1.37. The summed E-state index contributed by atoms with van der Waals surface area (Å²) < 4.78 is 0. The second-order valence-electron chi connectivity index (χ2n) is 11.0. The number of hydrogen-bond acceptors (Lipinski definition) is 3. The van der Waals surface area contributed by atoms with E-state index < -0.39 is 5.60 Å². The van der Waals surface area contributed by atoms with Crippen LogP contribution in [0.2, 0.25) is 0 Å². The molecule has 5 aliphatic rings. The Kier molecular flexibility index (Phi) is 4.97. The van der Waals surface area contributed by atoms with E-state index in [0.29, 0.717) is 0 Å². The Bertz CT molecular complexity index is 867. The summed E-state index contributed by atoms with van der Waals surface area (Å²) in [5.74, 6) is 2.44. The van der Waals surface area contributed by atoms with Gasteiger partial charge in [-0.2, -0.15) is 0 Å². The quantitative estimate of drug-likeness (QED) is 0.751. The number of nitrogens with zero attached hydrogens (tertiary/aromatic N) is 1. The predicted octanol–water partition coefficient (Wildman–Crippen LogP) is 4.54. The van der Waals surface area contributed by atoms with Crippen LogP contribution >= 0.6 is 0 Å². The highest BCUT2D eigenvalue weighted by atomic mass is 16.3. The van der Waals surface area contributed by atoms with Gasteiger partial charge in [0.2, 0.25) is 0 Å². The highest BCUT2D eigenvalue weighted by Gasteiger charge is 2.61. The van der Waals surface area contributed by atoms with E-state index in [1.165, 1.54) is 44.1 Å². The lowest BCUT2D eigenvalue weighted by Gasteiger charge is -2.62. The highest BCUT2D eigenvalue weighted by Crippen LogP contribution is 2.67. The Morgan fingerprint density at radius 2 is 1.35 bits per heavy atom. The van der Waals surface area contributed by atoms with Gasteiger partial charge in [0.25, 0.3) is 0 Å². The Morgan fingerprint density at radius 3 is 1.94 bits per heavy atom. The molecule has 4 aliphatic carbocycles. The second kappa shape index (κ2) is 7.72. The van der Waals surface area contributed by atoms with Crippen LogP contribution in [0, 0.1) is 23.2 Å². The summed E-state index contributed by atoms with van der Waals surface area (Å²) in [5.41, 5.74) is 2.64. The molecule has 164 valence electrons. The number of piperazine rings is 1. The molecule has 1 heterocycles. The Hall–Kier alpha value is -1.68. The number of nitrogens with one attached hydrogen (secondary N) is 1. The van der Waals surface area contributed by atoms with Crippen LogP contribution in [-0.2, 0) is 12.1 Å². The van der Waals surface area contributed by atoms with Crippen LogP contribution in [0.1, 0.15) is 55.2 Å². The molecular weight excluding hydrogens is 380 g/mol. The van der Waals surface area contributed by atoms with E-state index in [4.69, 9.17) is 0 Å². The summed E-state index contributed by atoms with van der Waals surface area (Å²) >= 11 is 0. The molecule has 0 amide bonds. The summed E-state index contributed by atoms with van der Waals surface area (Å²) in [4.78, 5) is 2.52. The fourth-order valence-corrected chi connectivity index (χ4v) is 7.99. The average molecular weight is 417 g/mol. The van der Waals surface area contributed by atoms with Gasteiger partial charge in [0.15, 0.2) is 0 Å². The van der Waals surface area contributed by atoms with Gasteiger partial charge in [-0.15, -0.1) is 0 Å². The van der Waals surface area contributed by atoms with E-state index in [9.17, 15) is 5.11 Å². The topological polar surface area (TPSA) is 35.5 Å². The number of aliphatic hydroxyl groups is 1. The van der Waals surface area contributed by atoms with Crippen LogP contribution in [0.5, 0.6) is 0 Å². The molecule has 1 aliphatic heterocycles. The Labute approximate surface area is 186 Å². The maximum Gasteiger partial charge on any atom is 0.120 e. The van der Waals surface area contributed by atoms with E-state index in [1.807, 2.05) is 0 Å². The van der Waals surface area contributed by atoms with Crippen molar-refractivity contribution in [2.45, 2.75) is 50.7 Å². The molecule has 7 rings (SSSR count). The number of rotatable bonds is 5. The van der Waals surface area contributed by atoms with Crippen LogP contribution in [0.25, 0.3) is 0 Å². The van der Waals surface area contributed by atoms with Crippen molar-refractivity contribution < 1.29 is 5.11 Å². The van der Waals surface area contributed by atoms with Gasteiger partial charge in [0, 0.05) is 38.1 Å². The Morgan fingerprint density at radius 1 is 0.806 bits per heavy atom. The lowest BCUT2D eigenvalue weighted by Crippen LogP contribution is -2.57. The van der Waals surface area contributed by atoms with E-state index in [2.05, 4.69) is 64.8 Å². The zero-order valence-corrected chi connectivity index (χ0v) is 18.6. The highest BCUT2D eigenvalue weighted by molar-refractivity contribution is 5.41. The van der Waals surface area contributed by atoms with Crippen molar-refractivity contribution in [1.29, 1.82) is 0 Å². The molecular formula is C28H36N2O. The average Bonchev–Trinajstić information content (AvgIpc) is 2.79. The molecule has 0 aromatic heterocycles. The smallest absolute Gasteiger partial charge is 0.120 e. The standard InChI is InChI=1S/C28H36N2O/c31-28(25-4-2-1-3-5-25,27-17-22-14-23(18-27)16-24(15-22)19-27)26-8-6-21(7-9-26)20-30-12-10-29-11-13-30/h1-9,22-24,29,31H,10-20H2. The molecule has 2 N–H and O–H groups in total. The van der Waals surface area contributed by atoms with E-state index >= 15 is 0 Å². The molecule has 2 aromatic carbocycles. The first kappa shape index (κ1) is 20.0. The first-order valence-electron chi connectivity index (χ1n) is 12.4. The van der Waals surface area contributed by atoms with Gasteiger partial charge in [0.05, 0.1) is 0 Å². The van der Waals surface area contributed by atoms with Crippen LogP contribution in [0.4, 0.5) is 0 Å². The first-order chi connectivity index (χ1) is 15.1. The minimum atomic E-state index is -0.891. The van der Waals surface area contributed by atoms with Crippen molar-refractivity contribution in [3.8, 4) is 0 Å². The van der Waals surface area contributed by atoms with Crippen molar-refractivity contribution in [3.05, 3.63) is 71.3 Å². The lowest BCUT2D eigenvalue weighted by molar-refractivity contribution is -0.164. The normalized spacial score (nSPS) is 34.5. The molecule has 1 saturated heterocycles. The van der Waals surface area contributed by atoms with Crippen molar-refractivity contribution in [2.24, 2.45) is 23.2 Å². The summed E-state index contributed by atoms with van der Waals surface area (Å²) in [5, 5.41) is 16.1. The largest absolute Gasteiger partial charge is 0.380 e. The monoisotopic (exact) mass is 416 g/mol. The lowest BCUT2D eigenvalue weighted by atomic mass is 9.44. The summed E-state index contributed by atoms with van der Waals surface area (Å²) in [6, 6.07) is 19.6. The molecule has 1 atom stereocenters. The molecule has 5 fully saturated rings. The van der Waals surface area contributed by atoms with Gasteiger partial charge in [-0.25, -0.2) is 0 Å². The zero-order chi connectivity index (χ0) is 20.9. The van der Waals surface area contributed by atoms with Crippen LogP contribution in [0.15, 0.2) is 54.6 Å². The van der Waals surface area contributed by atoms with Gasteiger partial charge in [-0.3, -0.25) is 4.90 Å². The van der Waals surface area contributed by atoms with Gasteiger partial charge in [-0.1, -0.05) is 54.6 Å². The summed E-state index contributed by atoms with van der Waals surface area (Å²) in [6.07, 6.45) is 7.75. The van der Waals surface area contributed by atoms with Crippen molar-refractivity contribution in [3.63, 3.8) is 0 Å². The molecule has 1 unspecified atom stereocenters. The second-order valence-corrected chi connectivity index (χ2v) is 11.0. The molecule has 4 bridgehead atoms. The van der Waals surface area contributed by atoms with Gasteiger partial charge >= 0.3 is 0 Å². The first-order valence-corrected chi connectivity index (χ1v) is 12.4.